The normalized spacial score (nSPS) is 20.0. The zero-order valence-electron chi connectivity index (χ0n) is 44.0. The minimum absolute atomic E-state index is 0.128. The molecule has 6 N–H and O–H groups in total. The van der Waals surface area contributed by atoms with Gasteiger partial charge in [-0.15, -0.1) is 0 Å². The van der Waals surface area contributed by atoms with Crippen LogP contribution in [0, 0.1) is 0 Å². The number of rotatable bonds is 48. The lowest BCUT2D eigenvalue weighted by atomic mass is 9.99. The van der Waals surface area contributed by atoms with Crippen LogP contribution in [0.4, 0.5) is 0 Å². The molecule has 1 rings (SSSR count). The molecule has 0 aromatic heterocycles. The first kappa shape index (κ1) is 64.2. The maximum Gasteiger partial charge on any atom is 0.306 e. The summed E-state index contributed by atoms with van der Waals surface area (Å²) in [4.78, 5) is 26.4. The van der Waals surface area contributed by atoms with E-state index in [1.807, 2.05) is 6.08 Å². The van der Waals surface area contributed by atoms with Gasteiger partial charge in [-0.25, -0.2) is 0 Å². The van der Waals surface area contributed by atoms with E-state index >= 15 is 0 Å². The van der Waals surface area contributed by atoms with Crippen molar-refractivity contribution < 1.29 is 49.3 Å². The Labute approximate surface area is 416 Å². The third kappa shape index (κ3) is 34.5. The van der Waals surface area contributed by atoms with E-state index in [2.05, 4.69) is 38.2 Å². The van der Waals surface area contributed by atoms with Crippen LogP contribution in [-0.4, -0.2) is 99.6 Å². The highest BCUT2D eigenvalue weighted by Crippen LogP contribution is 2.26. The Morgan fingerprint density at radius 1 is 0.559 bits per heavy atom. The fourth-order valence-electron chi connectivity index (χ4n) is 8.99. The van der Waals surface area contributed by atoms with E-state index in [0.29, 0.717) is 12.8 Å². The van der Waals surface area contributed by atoms with Crippen LogP contribution in [0.3, 0.4) is 0 Å². The molecular formula is C57H107NO10. The van der Waals surface area contributed by atoms with Gasteiger partial charge in [-0.05, 0) is 44.9 Å². The van der Waals surface area contributed by atoms with Crippen molar-refractivity contribution in [2.24, 2.45) is 0 Å². The first-order valence-electron chi connectivity index (χ1n) is 28.6. The second kappa shape index (κ2) is 46.2. The molecule has 1 saturated heterocycles. The summed E-state index contributed by atoms with van der Waals surface area (Å²) in [7, 11) is 0. The molecular weight excluding hydrogens is 859 g/mol. The number of allylic oxidation sites excluding steroid dienone is 3. The number of amides is 1. The maximum atomic E-state index is 13.3. The molecule has 0 spiro atoms. The number of unbranched alkanes of at least 4 members (excludes halogenated alkanes) is 32. The summed E-state index contributed by atoms with van der Waals surface area (Å²) in [6.07, 6.45) is 40.9. The number of ether oxygens (including phenoxy) is 3. The average molecular weight is 966 g/mol. The fraction of sp³-hybridized carbons (Fsp3) is 0.895. The number of aliphatic hydroxyl groups is 5. The zero-order valence-corrected chi connectivity index (χ0v) is 44.0. The van der Waals surface area contributed by atoms with Crippen LogP contribution in [0.25, 0.3) is 0 Å². The molecule has 0 aromatic rings. The van der Waals surface area contributed by atoms with Crippen LogP contribution in [0.1, 0.15) is 265 Å². The first-order valence-corrected chi connectivity index (χ1v) is 28.6. The monoisotopic (exact) mass is 966 g/mol. The van der Waals surface area contributed by atoms with E-state index in [1.54, 1.807) is 6.08 Å². The van der Waals surface area contributed by atoms with E-state index in [0.717, 1.165) is 70.6 Å². The Bertz CT molecular complexity index is 1200. The predicted octanol–water partition coefficient (Wildman–Crippen LogP) is 12.6. The van der Waals surface area contributed by atoms with Gasteiger partial charge in [-0.1, -0.05) is 238 Å². The van der Waals surface area contributed by atoms with E-state index in [9.17, 15) is 35.1 Å². The molecule has 0 bridgehead atoms. The molecule has 8 unspecified atom stereocenters. The lowest BCUT2D eigenvalue weighted by Crippen LogP contribution is -2.61. The van der Waals surface area contributed by atoms with Crippen molar-refractivity contribution in [2.75, 3.05) is 13.2 Å². The number of hydrogen-bond donors (Lipinski definition) is 6. The van der Waals surface area contributed by atoms with Gasteiger partial charge in [0.1, 0.15) is 24.4 Å². The van der Waals surface area contributed by atoms with Gasteiger partial charge in [0, 0.05) is 6.42 Å². The molecule has 8 atom stereocenters. The van der Waals surface area contributed by atoms with Crippen molar-refractivity contribution in [1.82, 2.24) is 5.32 Å². The van der Waals surface area contributed by atoms with Gasteiger partial charge >= 0.3 is 5.97 Å². The molecule has 0 saturated carbocycles. The SMILES string of the molecule is CCCC/C=C\CCCCCCC(O)C(=O)NC(COC1OC(CO)C(O)C(O)C1OC(=O)CCCCCCCCCCCCCCCCCCC)C(O)/C=C/CCCCCCCCCCCC. The molecule has 0 radical (unpaired) electrons. The van der Waals surface area contributed by atoms with Crippen LogP contribution < -0.4 is 5.32 Å². The van der Waals surface area contributed by atoms with Crippen molar-refractivity contribution in [3.05, 3.63) is 24.3 Å². The molecule has 68 heavy (non-hydrogen) atoms. The minimum atomic E-state index is -1.61. The molecule has 1 heterocycles. The lowest BCUT2D eigenvalue weighted by molar-refractivity contribution is -0.305. The van der Waals surface area contributed by atoms with Gasteiger partial charge in [0.15, 0.2) is 12.4 Å². The van der Waals surface area contributed by atoms with Crippen molar-refractivity contribution >= 4 is 11.9 Å². The summed E-state index contributed by atoms with van der Waals surface area (Å²) in [6.45, 7) is 5.74. The molecule has 11 nitrogen and oxygen atoms in total. The first-order chi connectivity index (χ1) is 33.2. The molecule has 1 aliphatic rings. The zero-order chi connectivity index (χ0) is 49.7. The Morgan fingerprint density at radius 2 is 0.985 bits per heavy atom. The predicted molar refractivity (Wildman–Crippen MR) is 278 cm³/mol. The van der Waals surface area contributed by atoms with Crippen molar-refractivity contribution in [3.63, 3.8) is 0 Å². The fourth-order valence-corrected chi connectivity index (χ4v) is 8.99. The number of carbonyl (C=O) groups excluding carboxylic acids is 2. The van der Waals surface area contributed by atoms with E-state index in [1.165, 1.54) is 148 Å². The smallest absolute Gasteiger partial charge is 0.306 e. The molecule has 400 valence electrons. The second-order valence-corrected chi connectivity index (χ2v) is 20.0. The number of hydrogen-bond acceptors (Lipinski definition) is 10. The van der Waals surface area contributed by atoms with E-state index < -0.39 is 67.4 Å². The Hall–Kier alpha value is -1.86. The number of aliphatic hydroxyl groups excluding tert-OH is 5. The Kier molecular flexibility index (Phi) is 43.6. The van der Waals surface area contributed by atoms with Gasteiger partial charge in [-0.2, -0.15) is 0 Å². The summed E-state index contributed by atoms with van der Waals surface area (Å²) in [6, 6.07) is -1.02. The highest BCUT2D eigenvalue weighted by molar-refractivity contribution is 5.80. The van der Waals surface area contributed by atoms with Crippen molar-refractivity contribution in [2.45, 2.75) is 314 Å². The van der Waals surface area contributed by atoms with Crippen molar-refractivity contribution in [1.29, 1.82) is 0 Å². The van der Waals surface area contributed by atoms with Gasteiger partial charge in [0.05, 0.1) is 25.4 Å². The third-order valence-electron chi connectivity index (χ3n) is 13.6. The molecule has 0 aliphatic carbocycles. The topological polar surface area (TPSA) is 175 Å². The quantitative estimate of drug-likeness (QED) is 0.0196. The number of nitrogens with one attached hydrogen (secondary N) is 1. The highest BCUT2D eigenvalue weighted by Gasteiger charge is 2.47. The van der Waals surface area contributed by atoms with Crippen LogP contribution in [0.15, 0.2) is 24.3 Å². The largest absolute Gasteiger partial charge is 0.454 e. The molecule has 11 heteroatoms. The molecule has 1 aliphatic heterocycles. The van der Waals surface area contributed by atoms with Gasteiger partial charge < -0.3 is 45.1 Å². The molecule has 1 fully saturated rings. The highest BCUT2D eigenvalue weighted by atomic mass is 16.7. The molecule has 1 amide bonds. The van der Waals surface area contributed by atoms with Crippen LogP contribution >= 0.6 is 0 Å². The lowest BCUT2D eigenvalue weighted by Gasteiger charge is -2.41. The number of carbonyl (C=O) groups is 2. The Balaban J connectivity index is 2.70. The maximum absolute atomic E-state index is 13.3. The van der Waals surface area contributed by atoms with Crippen LogP contribution in [0.2, 0.25) is 0 Å². The summed E-state index contributed by atoms with van der Waals surface area (Å²) < 4.78 is 17.6. The Morgan fingerprint density at radius 3 is 1.47 bits per heavy atom. The summed E-state index contributed by atoms with van der Waals surface area (Å²) in [5.74, 6) is -1.20. The second-order valence-electron chi connectivity index (χ2n) is 20.0. The standard InChI is InChI=1S/C57H107NO10/c1-4-7-10-13-16-19-22-24-25-26-27-28-30-33-36-39-42-45-52(62)68-55-54(64)53(63)51(46-59)67-57(55)66-47-48(49(60)43-40-37-34-32-29-23-20-17-14-11-8-5-2)58-56(65)50(61)44-41-38-35-31-21-18-15-12-9-6-3/h15,18,40,43,48-51,53-55,57,59-61,63-64H,4-14,16-17,19-39,41-42,44-47H2,1-3H3,(H,58,65)/b18-15-,43-40+. The molecule has 0 aromatic carbocycles. The van der Waals surface area contributed by atoms with Gasteiger partial charge in [0.25, 0.3) is 0 Å². The summed E-state index contributed by atoms with van der Waals surface area (Å²) >= 11 is 0. The third-order valence-corrected chi connectivity index (χ3v) is 13.6. The number of esters is 1. The van der Waals surface area contributed by atoms with Gasteiger partial charge in [-0.3, -0.25) is 9.59 Å². The van der Waals surface area contributed by atoms with Crippen LogP contribution in [-0.2, 0) is 23.8 Å². The minimum Gasteiger partial charge on any atom is -0.454 e. The van der Waals surface area contributed by atoms with Crippen molar-refractivity contribution in [3.8, 4) is 0 Å². The summed E-state index contributed by atoms with van der Waals surface area (Å²) in [5.41, 5.74) is 0. The summed E-state index contributed by atoms with van der Waals surface area (Å²) in [5, 5.41) is 56.7. The van der Waals surface area contributed by atoms with E-state index in [4.69, 9.17) is 14.2 Å². The van der Waals surface area contributed by atoms with Gasteiger partial charge in [0.2, 0.25) is 5.91 Å². The van der Waals surface area contributed by atoms with E-state index in [-0.39, 0.29) is 19.4 Å². The average Bonchev–Trinajstić information content (AvgIpc) is 3.33. The van der Waals surface area contributed by atoms with Crippen LogP contribution in [0.5, 0.6) is 0 Å².